The molecule has 0 aliphatic rings. The van der Waals surface area contributed by atoms with Crippen molar-refractivity contribution >= 4 is 17.3 Å². The van der Waals surface area contributed by atoms with E-state index in [4.69, 9.17) is 5.11 Å². The molecule has 0 saturated heterocycles. The number of carboxylic acids is 1. The van der Waals surface area contributed by atoms with E-state index in [1.807, 2.05) is 17.5 Å². The summed E-state index contributed by atoms with van der Waals surface area (Å²) in [5, 5.41) is 10.5. The minimum absolute atomic E-state index is 0.0981. The predicted molar refractivity (Wildman–Crippen MR) is 61.3 cm³/mol. The molecule has 0 aromatic carbocycles. The van der Waals surface area contributed by atoms with E-state index in [-0.39, 0.29) is 6.42 Å². The van der Waals surface area contributed by atoms with Crippen LogP contribution in [0.5, 0.6) is 0 Å². The molecular formula is C11H10N2O2S. The number of hydrogen-bond donors (Lipinski definition) is 1. The van der Waals surface area contributed by atoms with Crippen molar-refractivity contribution in [2.24, 2.45) is 0 Å². The number of aryl methyl sites for hydroxylation is 1. The number of rotatable bonds is 4. The van der Waals surface area contributed by atoms with Gasteiger partial charge in [0.25, 0.3) is 0 Å². The largest absolute Gasteiger partial charge is 0.481 e. The van der Waals surface area contributed by atoms with Gasteiger partial charge in [-0.25, -0.2) is 9.97 Å². The Bertz CT molecular complexity index is 482. The summed E-state index contributed by atoms with van der Waals surface area (Å²) in [5.41, 5.74) is 0.765. The third-order valence-corrected chi connectivity index (χ3v) is 2.92. The molecule has 4 nitrogen and oxygen atoms in total. The Hall–Kier alpha value is -1.75. The third-order valence-electron chi connectivity index (χ3n) is 2.05. The Kier molecular flexibility index (Phi) is 3.26. The number of carbonyl (C=O) groups is 1. The summed E-state index contributed by atoms with van der Waals surface area (Å²) in [6, 6.07) is 5.63. The first kappa shape index (κ1) is 10.8. The molecule has 0 unspecified atom stereocenters. The maximum atomic E-state index is 10.4. The smallest absolute Gasteiger partial charge is 0.303 e. The first-order valence-corrected chi connectivity index (χ1v) is 5.71. The summed E-state index contributed by atoms with van der Waals surface area (Å²) in [6.45, 7) is 0. The Balaban J connectivity index is 2.17. The van der Waals surface area contributed by atoms with E-state index in [1.165, 1.54) is 0 Å². The predicted octanol–water partition coefficient (Wildman–Crippen LogP) is 2.22. The summed E-state index contributed by atoms with van der Waals surface area (Å²) in [7, 11) is 0. The molecule has 0 aliphatic heterocycles. The Labute approximate surface area is 96.6 Å². The van der Waals surface area contributed by atoms with Crippen LogP contribution in [-0.4, -0.2) is 21.0 Å². The van der Waals surface area contributed by atoms with Gasteiger partial charge in [0, 0.05) is 18.3 Å². The zero-order valence-electron chi connectivity index (χ0n) is 8.46. The monoisotopic (exact) mass is 234 g/mol. The topological polar surface area (TPSA) is 63.1 Å². The average Bonchev–Trinajstić information content (AvgIpc) is 2.80. The molecule has 0 amide bonds. The number of aromatic nitrogens is 2. The molecule has 0 spiro atoms. The minimum atomic E-state index is -0.809. The highest BCUT2D eigenvalue weighted by molar-refractivity contribution is 7.13. The molecule has 82 valence electrons. The Morgan fingerprint density at radius 3 is 3.00 bits per heavy atom. The normalized spacial score (nSPS) is 10.2. The standard InChI is InChI=1S/C11H10N2O2S/c14-10(15)4-3-8-5-6-12-11(13-8)9-2-1-7-16-9/h1-2,5-7H,3-4H2,(H,14,15). The van der Waals surface area contributed by atoms with E-state index in [0.717, 1.165) is 10.6 Å². The van der Waals surface area contributed by atoms with Crippen molar-refractivity contribution in [2.75, 3.05) is 0 Å². The Morgan fingerprint density at radius 1 is 1.44 bits per heavy atom. The average molecular weight is 234 g/mol. The molecule has 2 rings (SSSR count). The second-order valence-corrected chi connectivity index (χ2v) is 4.19. The summed E-state index contributed by atoms with van der Waals surface area (Å²) in [6.07, 6.45) is 2.20. The molecule has 1 N–H and O–H groups in total. The molecule has 2 aromatic rings. The molecule has 2 aromatic heterocycles. The van der Waals surface area contributed by atoms with Crippen LogP contribution in [0.4, 0.5) is 0 Å². The molecule has 0 bridgehead atoms. The molecule has 0 saturated carbocycles. The van der Waals surface area contributed by atoms with Crippen LogP contribution >= 0.6 is 11.3 Å². The van der Waals surface area contributed by atoms with Gasteiger partial charge in [-0.3, -0.25) is 4.79 Å². The fraction of sp³-hybridized carbons (Fsp3) is 0.182. The summed E-state index contributed by atoms with van der Waals surface area (Å²) >= 11 is 1.57. The SMILES string of the molecule is O=C(O)CCc1ccnc(-c2cccs2)n1. The van der Waals surface area contributed by atoms with Gasteiger partial charge in [0.1, 0.15) is 0 Å². The molecule has 5 heteroatoms. The van der Waals surface area contributed by atoms with Gasteiger partial charge in [-0.1, -0.05) is 6.07 Å². The lowest BCUT2D eigenvalue weighted by atomic mass is 10.2. The molecule has 16 heavy (non-hydrogen) atoms. The van der Waals surface area contributed by atoms with Gasteiger partial charge in [0.2, 0.25) is 0 Å². The van der Waals surface area contributed by atoms with Crippen LogP contribution in [0.25, 0.3) is 10.7 Å². The van der Waals surface area contributed by atoms with Crippen molar-refractivity contribution in [1.82, 2.24) is 9.97 Å². The maximum Gasteiger partial charge on any atom is 0.303 e. The van der Waals surface area contributed by atoms with E-state index < -0.39 is 5.97 Å². The van der Waals surface area contributed by atoms with Crippen molar-refractivity contribution in [1.29, 1.82) is 0 Å². The second-order valence-electron chi connectivity index (χ2n) is 3.24. The fourth-order valence-corrected chi connectivity index (χ4v) is 1.96. The van der Waals surface area contributed by atoms with Gasteiger partial charge < -0.3 is 5.11 Å². The van der Waals surface area contributed by atoms with E-state index in [9.17, 15) is 4.79 Å². The molecule has 0 fully saturated rings. The van der Waals surface area contributed by atoms with Gasteiger partial charge >= 0.3 is 5.97 Å². The van der Waals surface area contributed by atoms with Crippen molar-refractivity contribution in [2.45, 2.75) is 12.8 Å². The van der Waals surface area contributed by atoms with E-state index in [0.29, 0.717) is 12.2 Å². The van der Waals surface area contributed by atoms with Crippen molar-refractivity contribution in [3.05, 3.63) is 35.5 Å². The van der Waals surface area contributed by atoms with Crippen molar-refractivity contribution in [3.63, 3.8) is 0 Å². The quantitative estimate of drug-likeness (QED) is 0.881. The Morgan fingerprint density at radius 2 is 2.31 bits per heavy atom. The van der Waals surface area contributed by atoms with Crippen LogP contribution in [0, 0.1) is 0 Å². The van der Waals surface area contributed by atoms with E-state index in [2.05, 4.69) is 9.97 Å². The van der Waals surface area contributed by atoms with Crippen molar-refractivity contribution < 1.29 is 9.90 Å². The maximum absolute atomic E-state index is 10.4. The van der Waals surface area contributed by atoms with Crippen LogP contribution < -0.4 is 0 Å². The van der Waals surface area contributed by atoms with E-state index >= 15 is 0 Å². The number of thiophene rings is 1. The lowest BCUT2D eigenvalue weighted by Gasteiger charge is -2.00. The second kappa shape index (κ2) is 4.85. The van der Waals surface area contributed by atoms with Crippen molar-refractivity contribution in [3.8, 4) is 10.7 Å². The van der Waals surface area contributed by atoms with Gasteiger partial charge in [-0.15, -0.1) is 11.3 Å². The molecule has 0 radical (unpaired) electrons. The summed E-state index contributed by atoms with van der Waals surface area (Å²) < 4.78 is 0. The van der Waals surface area contributed by atoms with E-state index in [1.54, 1.807) is 23.6 Å². The summed E-state index contributed by atoms with van der Waals surface area (Å²) in [5.74, 6) is -0.144. The number of nitrogens with zero attached hydrogens (tertiary/aromatic N) is 2. The van der Waals surface area contributed by atoms with Gasteiger partial charge in [-0.05, 0) is 17.5 Å². The zero-order chi connectivity index (χ0) is 11.4. The lowest BCUT2D eigenvalue weighted by Crippen LogP contribution is -2.00. The molecule has 2 heterocycles. The minimum Gasteiger partial charge on any atom is -0.481 e. The molecule has 0 atom stereocenters. The van der Waals surface area contributed by atoms with Crippen LogP contribution in [-0.2, 0) is 11.2 Å². The summed E-state index contributed by atoms with van der Waals surface area (Å²) in [4.78, 5) is 19.9. The lowest BCUT2D eigenvalue weighted by molar-refractivity contribution is -0.136. The first-order chi connectivity index (χ1) is 7.75. The molecule has 0 aliphatic carbocycles. The van der Waals surface area contributed by atoms with Gasteiger partial charge in [0.05, 0.1) is 11.3 Å². The number of carboxylic acid groups (broad SMARTS) is 1. The van der Waals surface area contributed by atoms with Crippen LogP contribution in [0.2, 0.25) is 0 Å². The molecular weight excluding hydrogens is 224 g/mol. The highest BCUT2D eigenvalue weighted by Gasteiger charge is 2.05. The van der Waals surface area contributed by atoms with Crippen LogP contribution in [0.15, 0.2) is 29.8 Å². The van der Waals surface area contributed by atoms with Crippen LogP contribution in [0.1, 0.15) is 12.1 Å². The fourth-order valence-electron chi connectivity index (χ4n) is 1.29. The highest BCUT2D eigenvalue weighted by Crippen LogP contribution is 2.20. The van der Waals surface area contributed by atoms with Gasteiger partial charge in [0.15, 0.2) is 5.82 Å². The van der Waals surface area contributed by atoms with Crippen LogP contribution in [0.3, 0.4) is 0 Å². The zero-order valence-corrected chi connectivity index (χ0v) is 9.28. The number of hydrogen-bond acceptors (Lipinski definition) is 4. The highest BCUT2D eigenvalue weighted by atomic mass is 32.1. The third kappa shape index (κ3) is 2.64. The number of aliphatic carboxylic acids is 1. The van der Waals surface area contributed by atoms with Gasteiger partial charge in [-0.2, -0.15) is 0 Å². The first-order valence-electron chi connectivity index (χ1n) is 4.83.